The molecule has 1 aliphatic heterocycles. The molecule has 1 aromatic heterocycles. The van der Waals surface area contributed by atoms with Gasteiger partial charge in [-0.2, -0.15) is 0 Å². The fourth-order valence-corrected chi connectivity index (χ4v) is 2.14. The van der Waals surface area contributed by atoms with Crippen molar-refractivity contribution in [2.24, 2.45) is 0 Å². The zero-order valence-corrected chi connectivity index (χ0v) is 10.1. The van der Waals surface area contributed by atoms with E-state index in [1.54, 1.807) is 25.1 Å². The average molecular weight is 258 g/mol. The van der Waals surface area contributed by atoms with Gasteiger partial charge in [-0.25, -0.2) is 9.78 Å². The van der Waals surface area contributed by atoms with Crippen LogP contribution in [-0.4, -0.2) is 22.0 Å². The molecule has 0 spiro atoms. The number of nitrogens with zero attached hydrogens (tertiary/aromatic N) is 1. The van der Waals surface area contributed by atoms with E-state index in [1.165, 1.54) is 0 Å². The van der Waals surface area contributed by atoms with Crippen molar-refractivity contribution in [2.75, 3.05) is 5.32 Å². The van der Waals surface area contributed by atoms with Crippen LogP contribution in [0.25, 0.3) is 11.3 Å². The number of anilines is 1. The lowest BCUT2D eigenvalue weighted by atomic mass is 10.1. The van der Waals surface area contributed by atoms with E-state index in [0.29, 0.717) is 17.9 Å². The zero-order valence-electron chi connectivity index (χ0n) is 10.1. The first kappa shape index (κ1) is 11.5. The minimum atomic E-state index is -1.16. The predicted molar refractivity (Wildman–Crippen MR) is 66.0 cm³/mol. The topological polar surface area (TPSA) is 92.4 Å². The van der Waals surface area contributed by atoms with Crippen LogP contribution < -0.4 is 5.32 Å². The molecular weight excluding hydrogens is 248 g/mol. The molecule has 2 heterocycles. The molecule has 0 unspecified atom stereocenters. The Morgan fingerprint density at radius 2 is 2.26 bits per heavy atom. The second kappa shape index (κ2) is 3.94. The van der Waals surface area contributed by atoms with Gasteiger partial charge in [-0.15, -0.1) is 0 Å². The minimum Gasteiger partial charge on any atom is -0.475 e. The second-order valence-electron chi connectivity index (χ2n) is 4.31. The Hall–Kier alpha value is -2.63. The van der Waals surface area contributed by atoms with Crippen LogP contribution in [0.5, 0.6) is 0 Å². The summed E-state index contributed by atoms with van der Waals surface area (Å²) < 4.78 is 5.08. The highest BCUT2D eigenvalue weighted by molar-refractivity contribution is 6.00. The van der Waals surface area contributed by atoms with Crippen LogP contribution in [0.4, 0.5) is 5.69 Å². The van der Waals surface area contributed by atoms with Gasteiger partial charge in [0.25, 0.3) is 0 Å². The highest BCUT2D eigenvalue weighted by Gasteiger charge is 2.22. The van der Waals surface area contributed by atoms with Crippen LogP contribution >= 0.6 is 0 Å². The molecule has 0 atom stereocenters. The van der Waals surface area contributed by atoms with Crippen LogP contribution in [0.1, 0.15) is 22.0 Å². The molecule has 1 aliphatic rings. The van der Waals surface area contributed by atoms with E-state index in [4.69, 9.17) is 9.52 Å². The standard InChI is InChI=1S/C13H10N2O4/c1-6-14-11(12(19-6)13(17)18)7-2-3-9-8(4-7)5-10(16)15-9/h2-4H,5H2,1H3,(H,15,16)(H,17,18). The van der Waals surface area contributed by atoms with E-state index in [1.807, 2.05) is 0 Å². The lowest BCUT2D eigenvalue weighted by molar-refractivity contribution is -0.115. The highest BCUT2D eigenvalue weighted by atomic mass is 16.4. The first-order valence-electron chi connectivity index (χ1n) is 5.68. The number of hydrogen-bond acceptors (Lipinski definition) is 4. The van der Waals surface area contributed by atoms with Crippen LogP contribution in [0.3, 0.4) is 0 Å². The molecule has 0 saturated carbocycles. The lowest BCUT2D eigenvalue weighted by Gasteiger charge is -2.02. The van der Waals surface area contributed by atoms with Gasteiger partial charge in [0.15, 0.2) is 5.89 Å². The Balaban J connectivity index is 2.11. The van der Waals surface area contributed by atoms with Gasteiger partial charge < -0.3 is 14.8 Å². The zero-order chi connectivity index (χ0) is 13.6. The maximum Gasteiger partial charge on any atom is 0.374 e. The molecule has 0 saturated heterocycles. The maximum absolute atomic E-state index is 11.3. The van der Waals surface area contributed by atoms with Gasteiger partial charge in [-0.3, -0.25) is 4.79 Å². The van der Waals surface area contributed by atoms with Gasteiger partial charge in [0.2, 0.25) is 11.7 Å². The van der Waals surface area contributed by atoms with Crippen LogP contribution in [0.2, 0.25) is 0 Å². The first-order valence-corrected chi connectivity index (χ1v) is 5.68. The van der Waals surface area contributed by atoms with Crippen molar-refractivity contribution in [3.8, 4) is 11.3 Å². The summed E-state index contributed by atoms with van der Waals surface area (Å²) in [5.41, 5.74) is 2.50. The SMILES string of the molecule is Cc1nc(-c2ccc3c(c2)CC(=O)N3)c(C(=O)O)o1. The number of aryl methyl sites for hydroxylation is 1. The highest BCUT2D eigenvalue weighted by Crippen LogP contribution is 2.30. The number of aromatic carboxylic acids is 1. The van der Waals surface area contributed by atoms with Crippen molar-refractivity contribution in [2.45, 2.75) is 13.3 Å². The third-order valence-electron chi connectivity index (χ3n) is 2.93. The molecule has 0 bridgehead atoms. The van der Waals surface area contributed by atoms with Crippen molar-refractivity contribution in [1.29, 1.82) is 0 Å². The summed E-state index contributed by atoms with van der Waals surface area (Å²) >= 11 is 0. The van der Waals surface area contributed by atoms with E-state index in [2.05, 4.69) is 10.3 Å². The largest absolute Gasteiger partial charge is 0.475 e. The Bertz CT molecular complexity index is 703. The molecule has 1 aromatic carbocycles. The number of carbonyl (C=O) groups is 2. The summed E-state index contributed by atoms with van der Waals surface area (Å²) in [6.07, 6.45) is 0.294. The summed E-state index contributed by atoms with van der Waals surface area (Å²) in [7, 11) is 0. The Morgan fingerprint density at radius 1 is 1.47 bits per heavy atom. The fraction of sp³-hybridized carbons (Fsp3) is 0.154. The Labute approximate surface area is 108 Å². The van der Waals surface area contributed by atoms with Gasteiger partial charge in [0.1, 0.15) is 5.69 Å². The normalized spacial score (nSPS) is 13.2. The molecule has 6 heteroatoms. The molecule has 1 amide bonds. The molecule has 3 rings (SSSR count). The third kappa shape index (κ3) is 1.87. The number of nitrogens with one attached hydrogen (secondary N) is 1. The molecule has 0 radical (unpaired) electrons. The number of rotatable bonds is 2. The van der Waals surface area contributed by atoms with Gasteiger partial charge in [-0.05, 0) is 17.7 Å². The number of benzene rings is 1. The number of carboxylic acids is 1. The van der Waals surface area contributed by atoms with Crippen molar-refractivity contribution in [1.82, 2.24) is 4.98 Å². The predicted octanol–water partition coefficient (Wildman–Crippen LogP) is 1.84. The molecule has 6 nitrogen and oxygen atoms in total. The van der Waals surface area contributed by atoms with E-state index < -0.39 is 5.97 Å². The third-order valence-corrected chi connectivity index (χ3v) is 2.93. The molecule has 0 aliphatic carbocycles. The lowest BCUT2D eigenvalue weighted by Crippen LogP contribution is -2.03. The molecular formula is C13H10N2O4. The summed E-state index contributed by atoms with van der Waals surface area (Å²) in [6.45, 7) is 1.59. The number of oxazole rings is 1. The van der Waals surface area contributed by atoms with E-state index in [0.717, 1.165) is 11.3 Å². The van der Waals surface area contributed by atoms with E-state index >= 15 is 0 Å². The monoisotopic (exact) mass is 258 g/mol. The van der Waals surface area contributed by atoms with Gasteiger partial charge >= 0.3 is 5.97 Å². The summed E-state index contributed by atoms with van der Waals surface area (Å²) in [5.74, 6) is -1.12. The molecule has 2 aromatic rings. The van der Waals surface area contributed by atoms with Gasteiger partial charge in [0.05, 0.1) is 6.42 Å². The Kier molecular flexibility index (Phi) is 2.38. The fourth-order valence-electron chi connectivity index (χ4n) is 2.14. The number of amides is 1. The maximum atomic E-state index is 11.3. The number of aromatic nitrogens is 1. The average Bonchev–Trinajstić information content (AvgIpc) is 2.89. The summed E-state index contributed by atoms with van der Waals surface area (Å²) in [4.78, 5) is 26.5. The molecule has 19 heavy (non-hydrogen) atoms. The number of carbonyl (C=O) groups excluding carboxylic acids is 1. The number of carboxylic acid groups (broad SMARTS) is 1. The van der Waals surface area contributed by atoms with Crippen molar-refractivity contribution in [3.63, 3.8) is 0 Å². The molecule has 96 valence electrons. The van der Waals surface area contributed by atoms with Crippen LogP contribution in [0.15, 0.2) is 22.6 Å². The number of hydrogen-bond donors (Lipinski definition) is 2. The van der Waals surface area contributed by atoms with E-state index in [-0.39, 0.29) is 17.4 Å². The number of fused-ring (bicyclic) bond motifs is 1. The van der Waals surface area contributed by atoms with E-state index in [9.17, 15) is 9.59 Å². The quantitative estimate of drug-likeness (QED) is 0.857. The summed E-state index contributed by atoms with van der Waals surface area (Å²) in [5, 5.41) is 11.8. The van der Waals surface area contributed by atoms with Crippen LogP contribution in [-0.2, 0) is 11.2 Å². The van der Waals surface area contributed by atoms with Crippen molar-refractivity contribution >= 4 is 17.6 Å². The van der Waals surface area contributed by atoms with Gasteiger partial charge in [-0.1, -0.05) is 6.07 Å². The van der Waals surface area contributed by atoms with Gasteiger partial charge in [0, 0.05) is 18.2 Å². The Morgan fingerprint density at radius 3 is 3.00 bits per heavy atom. The molecule has 0 fully saturated rings. The smallest absolute Gasteiger partial charge is 0.374 e. The minimum absolute atomic E-state index is 0.0676. The first-order chi connectivity index (χ1) is 9.04. The van der Waals surface area contributed by atoms with Crippen LogP contribution in [0, 0.1) is 6.92 Å². The van der Waals surface area contributed by atoms with Crippen molar-refractivity contribution in [3.05, 3.63) is 35.4 Å². The second-order valence-corrected chi connectivity index (χ2v) is 4.31. The molecule has 2 N–H and O–H groups in total. The van der Waals surface area contributed by atoms with Crippen molar-refractivity contribution < 1.29 is 19.1 Å². The summed E-state index contributed by atoms with van der Waals surface area (Å²) in [6, 6.07) is 5.22.